The first-order chi connectivity index (χ1) is 13.3. The molecule has 1 aliphatic rings. The SMILES string of the molecule is Cc1c(-c2ncccc2F)nn2c1CN(Cc1ccc(C(F)(F)F)cn1)CC2. The van der Waals surface area contributed by atoms with Crippen molar-refractivity contribution in [3.63, 3.8) is 0 Å². The second-order valence-corrected chi connectivity index (χ2v) is 6.72. The molecule has 3 aromatic heterocycles. The fourth-order valence-electron chi connectivity index (χ4n) is 3.33. The van der Waals surface area contributed by atoms with Crippen molar-refractivity contribution in [1.29, 1.82) is 0 Å². The molecule has 0 radical (unpaired) electrons. The number of hydrogen-bond acceptors (Lipinski definition) is 4. The summed E-state index contributed by atoms with van der Waals surface area (Å²) >= 11 is 0. The van der Waals surface area contributed by atoms with Crippen molar-refractivity contribution >= 4 is 0 Å². The molecule has 0 amide bonds. The number of rotatable bonds is 3. The van der Waals surface area contributed by atoms with Gasteiger partial charge in [0, 0.05) is 37.6 Å². The molecule has 4 rings (SSSR count). The maximum atomic E-state index is 14.1. The van der Waals surface area contributed by atoms with Crippen LogP contribution in [0.1, 0.15) is 22.5 Å². The van der Waals surface area contributed by atoms with Crippen LogP contribution in [0.5, 0.6) is 0 Å². The largest absolute Gasteiger partial charge is 0.417 e. The van der Waals surface area contributed by atoms with Crippen molar-refractivity contribution in [2.24, 2.45) is 0 Å². The Morgan fingerprint density at radius 1 is 1.07 bits per heavy atom. The van der Waals surface area contributed by atoms with Gasteiger partial charge in [0.15, 0.2) is 5.82 Å². The fraction of sp³-hybridized carbons (Fsp3) is 0.316. The summed E-state index contributed by atoms with van der Waals surface area (Å²) in [6.45, 7) is 4.13. The van der Waals surface area contributed by atoms with Crippen molar-refractivity contribution in [1.82, 2.24) is 24.6 Å². The van der Waals surface area contributed by atoms with E-state index >= 15 is 0 Å². The summed E-state index contributed by atoms with van der Waals surface area (Å²) in [5, 5.41) is 4.51. The lowest BCUT2D eigenvalue weighted by atomic mass is 10.1. The number of halogens is 4. The van der Waals surface area contributed by atoms with Crippen molar-refractivity contribution in [3.05, 3.63) is 65.0 Å². The minimum Gasteiger partial charge on any atom is -0.290 e. The molecule has 28 heavy (non-hydrogen) atoms. The lowest BCUT2D eigenvalue weighted by Crippen LogP contribution is -2.34. The zero-order chi connectivity index (χ0) is 19.9. The number of alkyl halides is 3. The van der Waals surface area contributed by atoms with E-state index in [1.807, 2.05) is 11.6 Å². The average molecular weight is 391 g/mol. The second-order valence-electron chi connectivity index (χ2n) is 6.72. The van der Waals surface area contributed by atoms with Crippen LogP contribution in [0.2, 0.25) is 0 Å². The van der Waals surface area contributed by atoms with E-state index in [9.17, 15) is 17.6 Å². The van der Waals surface area contributed by atoms with E-state index in [4.69, 9.17) is 0 Å². The summed E-state index contributed by atoms with van der Waals surface area (Å²) in [5.74, 6) is -0.424. The highest BCUT2D eigenvalue weighted by Crippen LogP contribution is 2.30. The van der Waals surface area contributed by atoms with Gasteiger partial charge in [-0.15, -0.1) is 0 Å². The Kier molecular flexibility index (Phi) is 4.62. The van der Waals surface area contributed by atoms with E-state index in [2.05, 4.69) is 20.0 Å². The molecule has 0 aliphatic carbocycles. The first kappa shape index (κ1) is 18.5. The van der Waals surface area contributed by atoms with Crippen molar-refractivity contribution in [2.75, 3.05) is 6.54 Å². The van der Waals surface area contributed by atoms with Crippen LogP contribution in [0, 0.1) is 12.7 Å². The monoisotopic (exact) mass is 391 g/mol. The van der Waals surface area contributed by atoms with Crippen LogP contribution in [0.3, 0.4) is 0 Å². The molecule has 9 heteroatoms. The van der Waals surface area contributed by atoms with E-state index in [-0.39, 0.29) is 5.69 Å². The Morgan fingerprint density at radius 3 is 2.57 bits per heavy atom. The van der Waals surface area contributed by atoms with Gasteiger partial charge in [-0.3, -0.25) is 19.5 Å². The van der Waals surface area contributed by atoms with E-state index < -0.39 is 17.6 Å². The van der Waals surface area contributed by atoms with Gasteiger partial charge < -0.3 is 0 Å². The van der Waals surface area contributed by atoms with Gasteiger partial charge in [0.1, 0.15) is 11.4 Å². The zero-order valence-electron chi connectivity index (χ0n) is 15.0. The van der Waals surface area contributed by atoms with E-state index in [0.29, 0.717) is 37.6 Å². The third-order valence-corrected chi connectivity index (χ3v) is 4.84. The van der Waals surface area contributed by atoms with Crippen LogP contribution in [-0.4, -0.2) is 31.2 Å². The van der Waals surface area contributed by atoms with Crippen molar-refractivity contribution in [2.45, 2.75) is 32.7 Å². The van der Waals surface area contributed by atoms with Gasteiger partial charge in [0.25, 0.3) is 0 Å². The molecule has 0 spiro atoms. The minimum atomic E-state index is -4.39. The Bertz CT molecular complexity index is 995. The number of aromatic nitrogens is 4. The van der Waals surface area contributed by atoms with Gasteiger partial charge >= 0.3 is 6.18 Å². The molecule has 4 heterocycles. The van der Waals surface area contributed by atoms with E-state index in [1.54, 1.807) is 0 Å². The third kappa shape index (κ3) is 3.49. The van der Waals surface area contributed by atoms with Gasteiger partial charge in [-0.2, -0.15) is 18.3 Å². The van der Waals surface area contributed by atoms with Crippen LogP contribution in [0.25, 0.3) is 11.4 Å². The lowest BCUT2D eigenvalue weighted by Gasteiger charge is -2.27. The summed E-state index contributed by atoms with van der Waals surface area (Å²) in [6.07, 6.45) is -2.01. The third-order valence-electron chi connectivity index (χ3n) is 4.84. The zero-order valence-corrected chi connectivity index (χ0v) is 15.0. The molecule has 0 saturated heterocycles. The normalized spacial score (nSPS) is 14.9. The Balaban J connectivity index is 1.53. The molecule has 0 aromatic carbocycles. The highest BCUT2D eigenvalue weighted by atomic mass is 19.4. The number of fused-ring (bicyclic) bond motifs is 1. The first-order valence-electron chi connectivity index (χ1n) is 8.74. The molecule has 0 unspecified atom stereocenters. The lowest BCUT2D eigenvalue weighted by molar-refractivity contribution is -0.137. The molecule has 5 nitrogen and oxygen atoms in total. The van der Waals surface area contributed by atoms with Crippen LogP contribution in [0.15, 0.2) is 36.7 Å². The molecule has 3 aromatic rings. The highest BCUT2D eigenvalue weighted by molar-refractivity contribution is 5.60. The summed E-state index contributed by atoms with van der Waals surface area (Å²) in [6, 6.07) is 5.33. The van der Waals surface area contributed by atoms with Crippen LogP contribution >= 0.6 is 0 Å². The van der Waals surface area contributed by atoms with Crippen molar-refractivity contribution < 1.29 is 17.6 Å². The first-order valence-corrected chi connectivity index (χ1v) is 8.74. The predicted molar refractivity (Wildman–Crippen MR) is 93.5 cm³/mol. The standard InChI is InChI=1S/C19H17F4N5/c1-12-16-11-27(10-14-5-4-13(9-25-14)19(21,22)23)7-8-28(16)26-17(12)18-15(20)3-2-6-24-18/h2-6,9H,7-8,10-11H2,1H3. The van der Waals surface area contributed by atoms with Gasteiger partial charge in [-0.05, 0) is 31.2 Å². The van der Waals surface area contributed by atoms with Gasteiger partial charge in [-0.25, -0.2) is 4.39 Å². The molecule has 0 saturated carbocycles. The molecule has 0 bridgehead atoms. The molecule has 0 N–H and O–H groups in total. The molecule has 146 valence electrons. The quantitative estimate of drug-likeness (QED) is 0.637. The number of pyridine rings is 2. The average Bonchev–Trinajstić information content (AvgIpc) is 2.98. The van der Waals surface area contributed by atoms with Gasteiger partial charge in [0.05, 0.1) is 23.5 Å². The highest BCUT2D eigenvalue weighted by Gasteiger charge is 2.31. The van der Waals surface area contributed by atoms with Crippen LogP contribution < -0.4 is 0 Å². The molecule has 0 fully saturated rings. The summed E-state index contributed by atoms with van der Waals surface area (Å²) < 4.78 is 53.9. The predicted octanol–water partition coefficient (Wildman–Crippen LogP) is 3.82. The molecule has 1 aliphatic heterocycles. The topological polar surface area (TPSA) is 46.8 Å². The smallest absolute Gasteiger partial charge is 0.290 e. The second kappa shape index (κ2) is 6.97. The van der Waals surface area contributed by atoms with Gasteiger partial charge in [-0.1, -0.05) is 0 Å². The molecule has 0 atom stereocenters. The maximum Gasteiger partial charge on any atom is 0.417 e. The molecular weight excluding hydrogens is 374 g/mol. The fourth-order valence-corrected chi connectivity index (χ4v) is 3.33. The summed E-state index contributed by atoms with van der Waals surface area (Å²) in [4.78, 5) is 10.1. The maximum absolute atomic E-state index is 14.1. The Hall–Kier alpha value is -2.81. The summed E-state index contributed by atoms with van der Waals surface area (Å²) in [5.41, 5.74) is 2.34. The number of nitrogens with zero attached hydrogens (tertiary/aromatic N) is 5. The van der Waals surface area contributed by atoms with Crippen LogP contribution in [-0.2, 0) is 25.8 Å². The number of hydrogen-bond donors (Lipinski definition) is 0. The van der Waals surface area contributed by atoms with Gasteiger partial charge in [0.2, 0.25) is 0 Å². The van der Waals surface area contributed by atoms with Crippen molar-refractivity contribution in [3.8, 4) is 11.4 Å². The van der Waals surface area contributed by atoms with Crippen LogP contribution in [0.4, 0.5) is 17.6 Å². The van der Waals surface area contributed by atoms with E-state index in [0.717, 1.165) is 23.5 Å². The Labute approximate surface area is 158 Å². The summed E-state index contributed by atoms with van der Waals surface area (Å²) in [7, 11) is 0. The molecular formula is C19H17F4N5. The minimum absolute atomic E-state index is 0.220. The Morgan fingerprint density at radius 2 is 1.89 bits per heavy atom. The van der Waals surface area contributed by atoms with E-state index in [1.165, 1.54) is 24.4 Å².